The molecule has 1 atom stereocenters. The topological polar surface area (TPSA) is 29.1 Å². The molecule has 0 saturated heterocycles. The summed E-state index contributed by atoms with van der Waals surface area (Å²) in [6, 6.07) is 12.3. The second kappa shape index (κ2) is 6.19. The number of ketones is 1. The highest BCUT2D eigenvalue weighted by molar-refractivity contribution is 6.01. The Morgan fingerprint density at radius 2 is 1.75 bits per heavy atom. The molecule has 2 nitrogen and oxygen atoms in total. The molecule has 20 heavy (non-hydrogen) atoms. The Kier molecular flexibility index (Phi) is 4.56. The van der Waals surface area contributed by atoms with Crippen molar-refractivity contribution >= 4 is 16.6 Å². The summed E-state index contributed by atoms with van der Waals surface area (Å²) in [6.45, 7) is 7.01. The minimum Gasteiger partial charge on any atom is -0.319 e. The Bertz CT molecular complexity index is 616. The van der Waals surface area contributed by atoms with Crippen LogP contribution in [0.3, 0.4) is 0 Å². The van der Waals surface area contributed by atoms with Crippen LogP contribution in [-0.4, -0.2) is 19.4 Å². The van der Waals surface area contributed by atoms with Crippen LogP contribution in [0.5, 0.6) is 0 Å². The molecule has 0 aliphatic rings. The molecule has 106 valence electrons. The number of benzene rings is 2. The summed E-state index contributed by atoms with van der Waals surface area (Å²) in [5, 5.41) is 5.45. The Morgan fingerprint density at radius 1 is 1.10 bits per heavy atom. The van der Waals surface area contributed by atoms with Crippen molar-refractivity contribution in [3.05, 3.63) is 47.5 Å². The third-order valence-corrected chi connectivity index (χ3v) is 3.85. The quantitative estimate of drug-likeness (QED) is 0.836. The molecule has 2 aromatic rings. The van der Waals surface area contributed by atoms with E-state index in [9.17, 15) is 4.79 Å². The van der Waals surface area contributed by atoms with E-state index >= 15 is 0 Å². The summed E-state index contributed by atoms with van der Waals surface area (Å²) in [6.07, 6.45) is 0. The Labute approximate surface area is 121 Å². The van der Waals surface area contributed by atoms with Crippen molar-refractivity contribution in [2.75, 3.05) is 13.6 Å². The zero-order valence-electron chi connectivity index (χ0n) is 12.7. The van der Waals surface area contributed by atoms with Gasteiger partial charge in [0.25, 0.3) is 0 Å². The molecule has 0 aliphatic heterocycles. The van der Waals surface area contributed by atoms with Crippen molar-refractivity contribution in [1.82, 2.24) is 5.32 Å². The molecule has 0 fully saturated rings. The maximum Gasteiger partial charge on any atom is 0.167 e. The van der Waals surface area contributed by atoms with Crippen LogP contribution in [0.25, 0.3) is 10.8 Å². The van der Waals surface area contributed by atoms with Crippen LogP contribution in [-0.2, 0) is 0 Å². The maximum absolute atomic E-state index is 12.6. The lowest BCUT2D eigenvalue weighted by molar-refractivity contribution is 0.0886. The van der Waals surface area contributed by atoms with Gasteiger partial charge in [-0.05, 0) is 36.7 Å². The second-order valence-electron chi connectivity index (χ2n) is 5.84. The van der Waals surface area contributed by atoms with Gasteiger partial charge in [0, 0.05) is 18.0 Å². The number of carbonyl (C=O) groups excluding carboxylic acids is 1. The Balaban J connectivity index is 2.36. The summed E-state index contributed by atoms with van der Waals surface area (Å²) in [5.41, 5.74) is 2.06. The van der Waals surface area contributed by atoms with Gasteiger partial charge in [-0.25, -0.2) is 0 Å². The van der Waals surface area contributed by atoms with Crippen molar-refractivity contribution in [3.8, 4) is 0 Å². The SMILES string of the molecule is CNCC(C(=O)c1ccc2cc(C)ccc2c1)C(C)C. The molecule has 2 heteroatoms. The second-order valence-corrected chi connectivity index (χ2v) is 5.84. The van der Waals surface area contributed by atoms with E-state index in [0.717, 1.165) is 17.5 Å². The third-order valence-electron chi connectivity index (χ3n) is 3.85. The molecule has 1 N–H and O–H groups in total. The third kappa shape index (κ3) is 3.07. The van der Waals surface area contributed by atoms with E-state index in [2.05, 4.69) is 44.3 Å². The van der Waals surface area contributed by atoms with Crippen LogP contribution >= 0.6 is 0 Å². The lowest BCUT2D eigenvalue weighted by atomic mass is 9.87. The highest BCUT2D eigenvalue weighted by Crippen LogP contribution is 2.22. The normalized spacial score (nSPS) is 12.8. The standard InChI is InChI=1S/C18H23NO/c1-12(2)17(11-19-4)18(20)16-8-7-14-9-13(3)5-6-15(14)10-16/h5-10,12,17,19H,11H2,1-4H3. The van der Waals surface area contributed by atoms with E-state index in [1.807, 2.05) is 25.2 Å². The van der Waals surface area contributed by atoms with Crippen LogP contribution < -0.4 is 5.32 Å². The molecule has 0 spiro atoms. The van der Waals surface area contributed by atoms with Crippen molar-refractivity contribution in [1.29, 1.82) is 0 Å². The van der Waals surface area contributed by atoms with Gasteiger partial charge in [-0.3, -0.25) is 4.79 Å². The molecule has 0 bridgehead atoms. The number of fused-ring (bicyclic) bond motifs is 1. The molecule has 2 aromatic carbocycles. The van der Waals surface area contributed by atoms with Crippen LogP contribution in [0, 0.1) is 18.8 Å². The van der Waals surface area contributed by atoms with E-state index < -0.39 is 0 Å². The fourth-order valence-corrected chi connectivity index (χ4v) is 2.58. The van der Waals surface area contributed by atoms with Gasteiger partial charge in [0.15, 0.2) is 5.78 Å². The summed E-state index contributed by atoms with van der Waals surface area (Å²) < 4.78 is 0. The number of carbonyl (C=O) groups is 1. The lowest BCUT2D eigenvalue weighted by Crippen LogP contribution is -2.30. The number of nitrogens with one attached hydrogen (secondary N) is 1. The summed E-state index contributed by atoms with van der Waals surface area (Å²) >= 11 is 0. The molecular formula is C18H23NO. The summed E-state index contributed by atoms with van der Waals surface area (Å²) in [7, 11) is 1.89. The van der Waals surface area contributed by atoms with Crippen molar-refractivity contribution < 1.29 is 4.79 Å². The fourth-order valence-electron chi connectivity index (χ4n) is 2.58. The average Bonchev–Trinajstić information content (AvgIpc) is 2.43. The first kappa shape index (κ1) is 14.7. The highest BCUT2D eigenvalue weighted by Gasteiger charge is 2.22. The predicted octanol–water partition coefficient (Wildman–Crippen LogP) is 3.82. The monoisotopic (exact) mass is 269 g/mol. The first-order valence-electron chi connectivity index (χ1n) is 7.22. The van der Waals surface area contributed by atoms with Crippen LogP contribution in [0.4, 0.5) is 0 Å². The van der Waals surface area contributed by atoms with Gasteiger partial charge >= 0.3 is 0 Å². The summed E-state index contributed by atoms with van der Waals surface area (Å²) in [5.74, 6) is 0.600. The maximum atomic E-state index is 12.6. The van der Waals surface area contributed by atoms with Crippen molar-refractivity contribution in [3.63, 3.8) is 0 Å². The van der Waals surface area contributed by atoms with Crippen LogP contribution in [0.15, 0.2) is 36.4 Å². The first-order valence-corrected chi connectivity index (χ1v) is 7.22. The fraction of sp³-hybridized carbons (Fsp3) is 0.389. The minimum atomic E-state index is 0.0305. The molecule has 2 rings (SSSR count). The number of rotatable bonds is 5. The zero-order chi connectivity index (χ0) is 14.7. The molecule has 0 heterocycles. The van der Waals surface area contributed by atoms with Gasteiger partial charge < -0.3 is 5.32 Å². The minimum absolute atomic E-state index is 0.0305. The first-order chi connectivity index (χ1) is 9.52. The van der Waals surface area contributed by atoms with Gasteiger partial charge in [0.05, 0.1) is 0 Å². The Hall–Kier alpha value is -1.67. The van der Waals surface area contributed by atoms with Gasteiger partial charge in [0.2, 0.25) is 0 Å². The molecule has 0 saturated carbocycles. The average molecular weight is 269 g/mol. The largest absolute Gasteiger partial charge is 0.319 e. The smallest absolute Gasteiger partial charge is 0.167 e. The van der Waals surface area contributed by atoms with Gasteiger partial charge in [0.1, 0.15) is 0 Å². The Morgan fingerprint density at radius 3 is 2.40 bits per heavy atom. The van der Waals surface area contributed by atoms with Crippen molar-refractivity contribution in [2.24, 2.45) is 11.8 Å². The number of Topliss-reactive ketones (excluding diaryl/α,β-unsaturated/α-hetero) is 1. The van der Waals surface area contributed by atoms with E-state index in [4.69, 9.17) is 0 Å². The van der Waals surface area contributed by atoms with Crippen LogP contribution in [0.1, 0.15) is 29.8 Å². The van der Waals surface area contributed by atoms with Gasteiger partial charge in [-0.2, -0.15) is 0 Å². The molecule has 0 aromatic heterocycles. The van der Waals surface area contributed by atoms with Gasteiger partial charge in [-0.1, -0.05) is 49.7 Å². The molecule has 0 aliphatic carbocycles. The molecular weight excluding hydrogens is 246 g/mol. The lowest BCUT2D eigenvalue weighted by Gasteiger charge is -2.19. The number of hydrogen-bond acceptors (Lipinski definition) is 2. The number of hydrogen-bond donors (Lipinski definition) is 1. The molecule has 1 unspecified atom stereocenters. The van der Waals surface area contributed by atoms with E-state index in [1.54, 1.807) is 0 Å². The molecule has 0 radical (unpaired) electrons. The highest BCUT2D eigenvalue weighted by atomic mass is 16.1. The summed E-state index contributed by atoms with van der Waals surface area (Å²) in [4.78, 5) is 12.6. The molecule has 0 amide bonds. The predicted molar refractivity (Wildman–Crippen MR) is 85.3 cm³/mol. The van der Waals surface area contributed by atoms with E-state index in [-0.39, 0.29) is 11.7 Å². The van der Waals surface area contributed by atoms with E-state index in [0.29, 0.717) is 5.92 Å². The van der Waals surface area contributed by atoms with Gasteiger partial charge in [-0.15, -0.1) is 0 Å². The van der Waals surface area contributed by atoms with Crippen LogP contribution in [0.2, 0.25) is 0 Å². The van der Waals surface area contributed by atoms with E-state index in [1.165, 1.54) is 10.9 Å². The zero-order valence-corrected chi connectivity index (χ0v) is 12.7. The van der Waals surface area contributed by atoms with Crippen molar-refractivity contribution in [2.45, 2.75) is 20.8 Å². The number of aryl methyl sites for hydroxylation is 1.